The minimum Gasteiger partial charge on any atom is -0.335 e. The van der Waals surface area contributed by atoms with E-state index in [9.17, 15) is 4.79 Å². The number of aromatic nitrogens is 4. The van der Waals surface area contributed by atoms with Crippen LogP contribution in [0.2, 0.25) is 0 Å². The first-order valence-corrected chi connectivity index (χ1v) is 9.06. The standard InChI is InChI=1S/C20H23N5O/c1-23-17(11-12-21-23)9-10-20(26)24(18-7-8-18)14-16-13-22-25(15-16)19-5-3-2-4-6-19/h2-6,11-13,15,18H,7-10,14H2,1H3. The van der Waals surface area contributed by atoms with Crippen LogP contribution >= 0.6 is 0 Å². The van der Waals surface area contributed by atoms with Crippen molar-refractivity contribution in [1.29, 1.82) is 0 Å². The van der Waals surface area contributed by atoms with Crippen molar-refractivity contribution in [1.82, 2.24) is 24.5 Å². The van der Waals surface area contributed by atoms with Crippen molar-refractivity contribution in [3.05, 3.63) is 66.2 Å². The van der Waals surface area contributed by atoms with Gasteiger partial charge in [-0.3, -0.25) is 9.48 Å². The van der Waals surface area contributed by atoms with Crippen LogP contribution in [0.4, 0.5) is 0 Å². The van der Waals surface area contributed by atoms with E-state index in [1.807, 2.05) is 70.1 Å². The predicted octanol–water partition coefficient (Wildman–Crippen LogP) is 2.73. The summed E-state index contributed by atoms with van der Waals surface area (Å²) >= 11 is 0. The van der Waals surface area contributed by atoms with E-state index in [4.69, 9.17) is 0 Å². The minimum absolute atomic E-state index is 0.209. The van der Waals surface area contributed by atoms with Crippen LogP contribution in [0.3, 0.4) is 0 Å². The Labute approximate surface area is 153 Å². The summed E-state index contributed by atoms with van der Waals surface area (Å²) in [5, 5.41) is 8.61. The van der Waals surface area contributed by atoms with Gasteiger partial charge >= 0.3 is 0 Å². The molecule has 1 aliphatic carbocycles. The number of nitrogens with zero attached hydrogens (tertiary/aromatic N) is 5. The molecular weight excluding hydrogens is 326 g/mol. The lowest BCUT2D eigenvalue weighted by Gasteiger charge is -2.22. The Morgan fingerprint density at radius 3 is 2.69 bits per heavy atom. The van der Waals surface area contributed by atoms with Gasteiger partial charge in [0.25, 0.3) is 0 Å². The van der Waals surface area contributed by atoms with Gasteiger partial charge in [0, 0.05) is 49.7 Å². The highest BCUT2D eigenvalue weighted by Crippen LogP contribution is 2.29. The number of para-hydroxylation sites is 1. The summed E-state index contributed by atoms with van der Waals surface area (Å²) in [6, 6.07) is 12.4. The smallest absolute Gasteiger partial charge is 0.223 e. The summed E-state index contributed by atoms with van der Waals surface area (Å²) in [6.45, 7) is 0.627. The van der Waals surface area contributed by atoms with Crippen molar-refractivity contribution < 1.29 is 4.79 Å². The minimum atomic E-state index is 0.209. The van der Waals surface area contributed by atoms with Gasteiger partial charge in [-0.1, -0.05) is 18.2 Å². The SMILES string of the molecule is Cn1nccc1CCC(=O)N(Cc1cnn(-c2ccccc2)c1)C1CC1. The molecule has 2 aromatic heterocycles. The van der Waals surface area contributed by atoms with Crippen molar-refractivity contribution in [3.63, 3.8) is 0 Å². The molecule has 1 saturated carbocycles. The summed E-state index contributed by atoms with van der Waals surface area (Å²) in [4.78, 5) is 14.8. The van der Waals surface area contributed by atoms with Crippen LogP contribution in [0.5, 0.6) is 0 Å². The molecule has 0 saturated heterocycles. The second-order valence-electron chi connectivity index (χ2n) is 6.83. The van der Waals surface area contributed by atoms with E-state index < -0.39 is 0 Å². The van der Waals surface area contributed by atoms with Gasteiger partial charge in [0.15, 0.2) is 0 Å². The highest BCUT2D eigenvalue weighted by molar-refractivity contribution is 5.77. The molecule has 4 rings (SSSR count). The third kappa shape index (κ3) is 3.69. The van der Waals surface area contributed by atoms with Crippen LogP contribution in [0.15, 0.2) is 55.0 Å². The lowest BCUT2D eigenvalue weighted by Crippen LogP contribution is -2.32. The summed E-state index contributed by atoms with van der Waals surface area (Å²) in [5.41, 5.74) is 3.18. The maximum atomic E-state index is 12.8. The quantitative estimate of drug-likeness (QED) is 0.659. The van der Waals surface area contributed by atoms with Gasteiger partial charge in [0.2, 0.25) is 5.91 Å². The van der Waals surface area contributed by atoms with Crippen LogP contribution in [0.25, 0.3) is 5.69 Å². The first-order valence-electron chi connectivity index (χ1n) is 9.06. The van der Waals surface area contributed by atoms with Crippen LogP contribution < -0.4 is 0 Å². The summed E-state index contributed by atoms with van der Waals surface area (Å²) in [6.07, 6.45) is 9.09. The lowest BCUT2D eigenvalue weighted by atomic mass is 10.2. The van der Waals surface area contributed by atoms with Gasteiger partial charge in [0.1, 0.15) is 0 Å². The molecule has 0 aliphatic heterocycles. The zero-order valence-electron chi connectivity index (χ0n) is 15.0. The molecule has 1 amide bonds. The van der Waals surface area contributed by atoms with E-state index in [0.29, 0.717) is 19.0 Å². The normalized spacial score (nSPS) is 13.7. The second-order valence-corrected chi connectivity index (χ2v) is 6.83. The van der Waals surface area contributed by atoms with Gasteiger partial charge in [0.05, 0.1) is 11.9 Å². The molecule has 2 heterocycles. The van der Waals surface area contributed by atoms with Gasteiger partial charge in [-0.15, -0.1) is 0 Å². The first kappa shape index (κ1) is 16.6. The Morgan fingerprint density at radius 1 is 1.19 bits per heavy atom. The number of hydrogen-bond acceptors (Lipinski definition) is 3. The molecule has 134 valence electrons. The Hall–Kier alpha value is -2.89. The van der Waals surface area contributed by atoms with E-state index in [2.05, 4.69) is 10.2 Å². The van der Waals surface area contributed by atoms with Crippen LogP contribution in [0, 0.1) is 0 Å². The molecule has 0 spiro atoms. The average molecular weight is 349 g/mol. The van der Waals surface area contributed by atoms with E-state index >= 15 is 0 Å². The fourth-order valence-electron chi connectivity index (χ4n) is 3.19. The van der Waals surface area contributed by atoms with Gasteiger partial charge < -0.3 is 4.90 Å². The average Bonchev–Trinajstić information content (AvgIpc) is 3.25. The first-order chi connectivity index (χ1) is 12.7. The van der Waals surface area contributed by atoms with Gasteiger partial charge in [-0.2, -0.15) is 10.2 Å². The van der Waals surface area contributed by atoms with Gasteiger partial charge in [-0.25, -0.2) is 4.68 Å². The Bertz CT molecular complexity index is 879. The summed E-state index contributed by atoms with van der Waals surface area (Å²) in [7, 11) is 1.91. The molecule has 0 unspecified atom stereocenters. The van der Waals surface area contributed by atoms with Crippen LogP contribution in [0.1, 0.15) is 30.5 Å². The van der Waals surface area contributed by atoms with Crippen molar-refractivity contribution in [2.24, 2.45) is 7.05 Å². The monoisotopic (exact) mass is 349 g/mol. The molecule has 6 nitrogen and oxygen atoms in total. The Kier molecular flexibility index (Phi) is 4.56. The lowest BCUT2D eigenvalue weighted by molar-refractivity contribution is -0.132. The second kappa shape index (κ2) is 7.15. The fourth-order valence-corrected chi connectivity index (χ4v) is 3.19. The number of carbonyl (C=O) groups excluding carboxylic acids is 1. The molecule has 6 heteroatoms. The number of carbonyl (C=O) groups is 1. The molecule has 0 N–H and O–H groups in total. The highest BCUT2D eigenvalue weighted by atomic mass is 16.2. The molecule has 1 aromatic carbocycles. The van der Waals surface area contributed by atoms with E-state index in [0.717, 1.165) is 36.2 Å². The van der Waals surface area contributed by atoms with Gasteiger partial charge in [-0.05, 0) is 37.5 Å². The Morgan fingerprint density at radius 2 is 2.00 bits per heavy atom. The fraction of sp³-hybridized carbons (Fsp3) is 0.350. The zero-order valence-corrected chi connectivity index (χ0v) is 15.0. The summed E-state index contributed by atoms with van der Waals surface area (Å²) in [5.74, 6) is 0.209. The van der Waals surface area contributed by atoms with Crippen molar-refractivity contribution >= 4 is 5.91 Å². The van der Waals surface area contributed by atoms with Crippen molar-refractivity contribution in [2.75, 3.05) is 0 Å². The maximum Gasteiger partial charge on any atom is 0.223 e. The van der Waals surface area contributed by atoms with Crippen LogP contribution in [-0.4, -0.2) is 36.4 Å². The Balaban J connectivity index is 1.42. The number of benzene rings is 1. The number of amides is 1. The molecule has 3 aromatic rings. The third-order valence-electron chi connectivity index (χ3n) is 4.84. The van der Waals surface area contributed by atoms with E-state index in [1.54, 1.807) is 6.20 Å². The predicted molar refractivity (Wildman–Crippen MR) is 98.7 cm³/mol. The third-order valence-corrected chi connectivity index (χ3v) is 4.84. The van der Waals surface area contributed by atoms with E-state index in [-0.39, 0.29) is 5.91 Å². The topological polar surface area (TPSA) is 56.0 Å². The molecule has 0 atom stereocenters. The zero-order chi connectivity index (χ0) is 17.9. The highest BCUT2D eigenvalue weighted by Gasteiger charge is 2.32. The maximum absolute atomic E-state index is 12.8. The molecule has 1 fully saturated rings. The molecule has 1 aliphatic rings. The molecule has 26 heavy (non-hydrogen) atoms. The number of rotatable bonds is 7. The molecule has 0 radical (unpaired) electrons. The van der Waals surface area contributed by atoms with Crippen molar-refractivity contribution in [3.8, 4) is 5.69 Å². The number of hydrogen-bond donors (Lipinski definition) is 0. The summed E-state index contributed by atoms with van der Waals surface area (Å²) < 4.78 is 3.69. The van der Waals surface area contributed by atoms with Crippen LogP contribution in [-0.2, 0) is 24.8 Å². The largest absolute Gasteiger partial charge is 0.335 e. The molecular formula is C20H23N5O. The van der Waals surface area contributed by atoms with E-state index in [1.165, 1.54) is 0 Å². The molecule has 0 bridgehead atoms. The number of aryl methyl sites for hydroxylation is 2. The van der Waals surface area contributed by atoms with Crippen molar-refractivity contribution in [2.45, 2.75) is 38.3 Å².